The summed E-state index contributed by atoms with van der Waals surface area (Å²) in [7, 11) is 1.51. The minimum atomic E-state index is -0.429. The Bertz CT molecular complexity index is 887. The second-order valence-electron chi connectivity index (χ2n) is 4.86. The number of nitrogens with one attached hydrogen (secondary N) is 1. The van der Waals surface area contributed by atoms with E-state index in [1.165, 1.54) is 7.11 Å². The normalized spacial score (nSPS) is 11.1. The predicted molar refractivity (Wildman–Crippen MR) is 89.6 cm³/mol. The lowest BCUT2D eigenvalue weighted by atomic mass is 10.1. The number of ether oxygens (including phenoxy) is 2. The number of methoxy groups -OCH3 is 1. The van der Waals surface area contributed by atoms with Gasteiger partial charge in [0.2, 0.25) is 0 Å². The molecule has 0 saturated heterocycles. The number of H-pyrrole nitrogens is 1. The first-order chi connectivity index (χ1) is 11.7. The summed E-state index contributed by atoms with van der Waals surface area (Å²) in [5.41, 5.74) is 2.47. The largest absolute Gasteiger partial charge is 0.495 e. The third-order valence-electron chi connectivity index (χ3n) is 3.41. The third kappa shape index (κ3) is 2.96. The molecule has 122 valence electrons. The van der Waals surface area contributed by atoms with E-state index >= 15 is 0 Å². The Balaban J connectivity index is 2.08. The Kier molecular flexibility index (Phi) is 4.51. The number of aromatic nitrogens is 4. The SMILES string of the molecule is CCOC(=O)c1ccc2n[nH]c(C=Cc3cnccn3)c2c1OC. The number of hydrogen-bond donors (Lipinski definition) is 1. The quantitative estimate of drug-likeness (QED) is 0.726. The molecule has 0 amide bonds. The van der Waals surface area contributed by atoms with E-state index in [0.29, 0.717) is 40.2 Å². The number of nitrogens with zero attached hydrogens (tertiary/aromatic N) is 3. The van der Waals surface area contributed by atoms with Gasteiger partial charge in [0.25, 0.3) is 0 Å². The fourth-order valence-electron chi connectivity index (χ4n) is 2.37. The number of esters is 1. The van der Waals surface area contributed by atoms with E-state index in [4.69, 9.17) is 9.47 Å². The van der Waals surface area contributed by atoms with Crippen LogP contribution in [0, 0.1) is 0 Å². The molecule has 3 rings (SSSR count). The molecule has 1 aromatic carbocycles. The summed E-state index contributed by atoms with van der Waals surface area (Å²) >= 11 is 0. The highest BCUT2D eigenvalue weighted by molar-refractivity contribution is 6.03. The summed E-state index contributed by atoms with van der Waals surface area (Å²) in [6.07, 6.45) is 8.49. The second kappa shape index (κ2) is 6.91. The zero-order chi connectivity index (χ0) is 16.9. The smallest absolute Gasteiger partial charge is 0.341 e. The average molecular weight is 324 g/mol. The highest BCUT2D eigenvalue weighted by atomic mass is 16.5. The summed E-state index contributed by atoms with van der Waals surface area (Å²) in [6, 6.07) is 3.40. The van der Waals surface area contributed by atoms with Crippen molar-refractivity contribution in [2.24, 2.45) is 0 Å². The Morgan fingerprint density at radius 2 is 2.17 bits per heavy atom. The molecule has 0 spiro atoms. The Morgan fingerprint density at radius 3 is 2.88 bits per heavy atom. The van der Waals surface area contributed by atoms with Gasteiger partial charge in [0, 0.05) is 12.4 Å². The molecule has 0 radical (unpaired) electrons. The van der Waals surface area contributed by atoms with Gasteiger partial charge >= 0.3 is 5.97 Å². The van der Waals surface area contributed by atoms with Gasteiger partial charge in [-0.2, -0.15) is 5.10 Å². The van der Waals surface area contributed by atoms with E-state index in [1.54, 1.807) is 43.7 Å². The zero-order valence-electron chi connectivity index (χ0n) is 13.3. The summed E-state index contributed by atoms with van der Waals surface area (Å²) in [5.74, 6) is -0.000184. The van der Waals surface area contributed by atoms with Crippen LogP contribution >= 0.6 is 0 Å². The van der Waals surface area contributed by atoms with Gasteiger partial charge in [0.1, 0.15) is 11.3 Å². The summed E-state index contributed by atoms with van der Waals surface area (Å²) in [6.45, 7) is 2.06. The highest BCUT2D eigenvalue weighted by Crippen LogP contribution is 2.32. The van der Waals surface area contributed by atoms with Crippen LogP contribution in [0.4, 0.5) is 0 Å². The van der Waals surface area contributed by atoms with Crippen LogP contribution in [0.3, 0.4) is 0 Å². The minimum absolute atomic E-state index is 0.296. The Labute approximate surface area is 138 Å². The standard InChI is InChI=1S/C17H16N4O3/c1-3-24-17(22)12-5-7-14-15(16(12)23-2)13(20-21-14)6-4-11-10-18-8-9-19-11/h4-10H,3H2,1-2H3,(H,20,21). The third-order valence-corrected chi connectivity index (χ3v) is 3.41. The molecule has 0 bridgehead atoms. The summed E-state index contributed by atoms with van der Waals surface area (Å²) in [5, 5.41) is 7.89. The molecule has 1 N–H and O–H groups in total. The van der Waals surface area contributed by atoms with Gasteiger partial charge in [0.15, 0.2) is 0 Å². The van der Waals surface area contributed by atoms with Crippen LogP contribution in [-0.4, -0.2) is 39.9 Å². The molecule has 24 heavy (non-hydrogen) atoms. The molecule has 2 heterocycles. The lowest BCUT2D eigenvalue weighted by Crippen LogP contribution is -2.07. The molecule has 3 aromatic rings. The first-order valence-electron chi connectivity index (χ1n) is 7.41. The van der Waals surface area contributed by atoms with Gasteiger partial charge in [-0.3, -0.25) is 15.1 Å². The van der Waals surface area contributed by atoms with E-state index in [9.17, 15) is 4.79 Å². The van der Waals surface area contributed by atoms with Gasteiger partial charge in [-0.15, -0.1) is 0 Å². The summed E-state index contributed by atoms with van der Waals surface area (Å²) in [4.78, 5) is 20.3. The van der Waals surface area contributed by atoms with Gasteiger partial charge in [0.05, 0.1) is 42.2 Å². The molecule has 0 aliphatic rings. The average Bonchev–Trinajstić information content (AvgIpc) is 3.03. The summed E-state index contributed by atoms with van der Waals surface area (Å²) < 4.78 is 10.5. The molecule has 2 aromatic heterocycles. The number of fused-ring (bicyclic) bond motifs is 1. The lowest BCUT2D eigenvalue weighted by molar-refractivity contribution is 0.0523. The van der Waals surface area contributed by atoms with Gasteiger partial charge < -0.3 is 9.47 Å². The molecule has 0 unspecified atom stereocenters. The predicted octanol–water partition coefficient (Wildman–Crippen LogP) is 2.71. The fourth-order valence-corrected chi connectivity index (χ4v) is 2.37. The van der Waals surface area contributed by atoms with Gasteiger partial charge in [-0.1, -0.05) is 0 Å². The Hall–Kier alpha value is -3.22. The van der Waals surface area contributed by atoms with Crippen molar-refractivity contribution in [3.8, 4) is 5.75 Å². The van der Waals surface area contributed by atoms with E-state index in [1.807, 2.05) is 6.08 Å². The maximum absolute atomic E-state index is 12.1. The molecular formula is C17H16N4O3. The Morgan fingerprint density at radius 1 is 1.29 bits per heavy atom. The first-order valence-corrected chi connectivity index (χ1v) is 7.41. The molecule has 0 aliphatic carbocycles. The van der Waals surface area contributed by atoms with Crippen LogP contribution in [0.2, 0.25) is 0 Å². The fraction of sp³-hybridized carbons (Fsp3) is 0.176. The molecule has 7 heteroatoms. The van der Waals surface area contributed by atoms with Crippen molar-refractivity contribution < 1.29 is 14.3 Å². The van der Waals surface area contributed by atoms with Crippen LogP contribution in [0.25, 0.3) is 23.1 Å². The van der Waals surface area contributed by atoms with Crippen molar-refractivity contribution in [2.45, 2.75) is 6.92 Å². The highest BCUT2D eigenvalue weighted by Gasteiger charge is 2.19. The molecular weight excluding hydrogens is 308 g/mol. The number of carbonyl (C=O) groups excluding carboxylic acids is 1. The van der Waals surface area contributed by atoms with E-state index in [2.05, 4.69) is 20.2 Å². The molecule has 0 fully saturated rings. The maximum Gasteiger partial charge on any atom is 0.341 e. The van der Waals surface area contributed by atoms with Gasteiger partial charge in [-0.25, -0.2) is 4.79 Å². The molecule has 7 nitrogen and oxygen atoms in total. The number of rotatable bonds is 5. The zero-order valence-corrected chi connectivity index (χ0v) is 13.3. The van der Waals surface area contributed by atoms with Crippen LogP contribution in [0.15, 0.2) is 30.7 Å². The number of hydrogen-bond acceptors (Lipinski definition) is 6. The second-order valence-corrected chi connectivity index (χ2v) is 4.86. The minimum Gasteiger partial charge on any atom is -0.495 e. The van der Waals surface area contributed by atoms with Crippen molar-refractivity contribution in [1.29, 1.82) is 0 Å². The van der Waals surface area contributed by atoms with Crippen molar-refractivity contribution >= 4 is 29.0 Å². The topological polar surface area (TPSA) is 90.0 Å². The number of carbonyl (C=O) groups is 1. The van der Waals surface area contributed by atoms with Crippen molar-refractivity contribution in [3.63, 3.8) is 0 Å². The molecule has 0 saturated carbocycles. The number of aromatic amines is 1. The van der Waals surface area contributed by atoms with E-state index in [0.717, 1.165) is 0 Å². The van der Waals surface area contributed by atoms with E-state index in [-0.39, 0.29) is 0 Å². The molecule has 0 atom stereocenters. The lowest BCUT2D eigenvalue weighted by Gasteiger charge is -2.09. The van der Waals surface area contributed by atoms with Crippen LogP contribution in [0.1, 0.15) is 28.7 Å². The number of benzene rings is 1. The van der Waals surface area contributed by atoms with Gasteiger partial charge in [-0.05, 0) is 31.2 Å². The monoisotopic (exact) mass is 324 g/mol. The van der Waals surface area contributed by atoms with Crippen molar-refractivity contribution in [1.82, 2.24) is 20.2 Å². The maximum atomic E-state index is 12.1. The van der Waals surface area contributed by atoms with E-state index < -0.39 is 5.97 Å². The van der Waals surface area contributed by atoms with Crippen molar-refractivity contribution in [3.05, 3.63) is 47.7 Å². The first kappa shape index (κ1) is 15.7. The van der Waals surface area contributed by atoms with Crippen LogP contribution in [0.5, 0.6) is 5.75 Å². The van der Waals surface area contributed by atoms with Crippen LogP contribution < -0.4 is 4.74 Å². The van der Waals surface area contributed by atoms with Crippen molar-refractivity contribution in [2.75, 3.05) is 13.7 Å². The molecule has 0 aliphatic heterocycles. The van der Waals surface area contributed by atoms with Crippen LogP contribution in [-0.2, 0) is 4.74 Å².